The van der Waals surface area contributed by atoms with Gasteiger partial charge in [-0.1, -0.05) is 5.10 Å². The van der Waals surface area contributed by atoms with Crippen LogP contribution in [-0.4, -0.2) is 28.1 Å². The van der Waals surface area contributed by atoms with Crippen LogP contribution >= 0.6 is 11.8 Å². The zero-order chi connectivity index (χ0) is 9.68. The van der Waals surface area contributed by atoms with Crippen LogP contribution in [-0.2, 0) is 4.79 Å². The van der Waals surface area contributed by atoms with Gasteiger partial charge in [0.15, 0.2) is 0 Å². The van der Waals surface area contributed by atoms with Crippen molar-refractivity contribution < 1.29 is 9.21 Å². The number of nitrogens with zero attached hydrogens (tertiary/aromatic N) is 2. The maximum Gasteiger partial charge on any atom is 0.322 e. The Bertz CT molecular complexity index is 287. The van der Waals surface area contributed by atoms with Crippen LogP contribution in [0.4, 0.5) is 6.01 Å². The molecule has 0 aromatic carbocycles. The molecule has 0 saturated heterocycles. The van der Waals surface area contributed by atoms with Crippen LogP contribution in [0.1, 0.15) is 12.3 Å². The Kier molecular flexibility index (Phi) is 3.75. The van der Waals surface area contributed by atoms with Crippen LogP contribution in [0.5, 0.6) is 0 Å². The van der Waals surface area contributed by atoms with Crippen LogP contribution < -0.4 is 5.32 Å². The van der Waals surface area contributed by atoms with Gasteiger partial charge in [-0.05, 0) is 6.26 Å². The van der Waals surface area contributed by atoms with E-state index in [1.807, 2.05) is 6.26 Å². The van der Waals surface area contributed by atoms with Gasteiger partial charge in [0.2, 0.25) is 11.8 Å². The largest absolute Gasteiger partial charge is 0.408 e. The molecule has 0 spiro atoms. The first kappa shape index (κ1) is 10.0. The smallest absolute Gasteiger partial charge is 0.322 e. The molecule has 1 N–H and O–H groups in total. The van der Waals surface area contributed by atoms with Crippen LogP contribution in [0.2, 0.25) is 0 Å². The quantitative estimate of drug-likeness (QED) is 0.789. The average Bonchev–Trinajstić information content (AvgIpc) is 2.48. The number of nitrogens with one attached hydrogen (secondary N) is 1. The zero-order valence-electron chi connectivity index (χ0n) is 7.53. The maximum absolute atomic E-state index is 11.1. The number of carbonyl (C=O) groups excluding carboxylic acids is 1. The SMILES string of the molecule is CSCCC(=O)Nc1nnc(C)o1. The van der Waals surface area contributed by atoms with Crippen LogP contribution in [0.15, 0.2) is 4.42 Å². The summed E-state index contributed by atoms with van der Waals surface area (Å²) in [6, 6.07) is 0.170. The van der Waals surface area contributed by atoms with Crippen molar-refractivity contribution in [1.29, 1.82) is 0 Å². The van der Waals surface area contributed by atoms with Gasteiger partial charge in [0, 0.05) is 19.1 Å². The normalized spacial score (nSPS) is 10.0. The summed E-state index contributed by atoms with van der Waals surface area (Å²) in [7, 11) is 0. The number of hydrogen-bond donors (Lipinski definition) is 1. The van der Waals surface area contributed by atoms with Gasteiger partial charge in [0.25, 0.3) is 0 Å². The summed E-state index contributed by atoms with van der Waals surface area (Å²) < 4.78 is 4.97. The van der Waals surface area contributed by atoms with E-state index < -0.39 is 0 Å². The van der Waals surface area contributed by atoms with E-state index in [1.54, 1.807) is 18.7 Å². The molecule has 72 valence electrons. The molecule has 0 aliphatic carbocycles. The Morgan fingerprint density at radius 1 is 1.62 bits per heavy atom. The molecular formula is C7H11N3O2S. The molecule has 1 heterocycles. The summed E-state index contributed by atoms with van der Waals surface area (Å²) in [5, 5.41) is 9.73. The van der Waals surface area contributed by atoms with E-state index in [0.717, 1.165) is 5.75 Å². The highest BCUT2D eigenvalue weighted by Crippen LogP contribution is 2.05. The molecule has 13 heavy (non-hydrogen) atoms. The Morgan fingerprint density at radius 3 is 2.92 bits per heavy atom. The Balaban J connectivity index is 2.36. The topological polar surface area (TPSA) is 68.0 Å². The minimum absolute atomic E-state index is 0.0991. The third-order valence-electron chi connectivity index (χ3n) is 1.31. The van der Waals surface area contributed by atoms with E-state index in [4.69, 9.17) is 4.42 Å². The Morgan fingerprint density at radius 2 is 2.38 bits per heavy atom. The molecule has 0 bridgehead atoms. The van der Waals surface area contributed by atoms with Crippen molar-refractivity contribution in [3.63, 3.8) is 0 Å². The van der Waals surface area contributed by atoms with Crippen molar-refractivity contribution in [2.75, 3.05) is 17.3 Å². The van der Waals surface area contributed by atoms with Crippen molar-refractivity contribution in [3.05, 3.63) is 5.89 Å². The first-order valence-electron chi connectivity index (χ1n) is 3.81. The lowest BCUT2D eigenvalue weighted by Crippen LogP contribution is -2.12. The van der Waals surface area contributed by atoms with E-state index in [0.29, 0.717) is 12.3 Å². The lowest BCUT2D eigenvalue weighted by atomic mass is 10.4. The molecule has 5 nitrogen and oxygen atoms in total. The summed E-state index contributed by atoms with van der Waals surface area (Å²) in [6.45, 7) is 1.67. The van der Waals surface area contributed by atoms with Crippen LogP contribution in [0.3, 0.4) is 0 Å². The summed E-state index contributed by atoms with van der Waals surface area (Å²) in [6.07, 6.45) is 2.41. The highest BCUT2D eigenvalue weighted by atomic mass is 32.2. The molecule has 0 radical (unpaired) electrons. The highest BCUT2D eigenvalue weighted by Gasteiger charge is 2.06. The van der Waals surface area contributed by atoms with Gasteiger partial charge in [-0.2, -0.15) is 11.8 Å². The Hall–Kier alpha value is -1.04. The highest BCUT2D eigenvalue weighted by molar-refractivity contribution is 7.98. The van der Waals surface area contributed by atoms with E-state index in [2.05, 4.69) is 15.5 Å². The van der Waals surface area contributed by atoms with Gasteiger partial charge in [-0.25, -0.2) is 0 Å². The van der Waals surface area contributed by atoms with Crippen molar-refractivity contribution >= 4 is 23.7 Å². The monoisotopic (exact) mass is 201 g/mol. The van der Waals surface area contributed by atoms with E-state index in [9.17, 15) is 4.79 Å². The number of anilines is 1. The third kappa shape index (κ3) is 3.45. The summed E-state index contributed by atoms with van der Waals surface area (Å²) in [4.78, 5) is 11.1. The molecule has 1 amide bonds. The lowest BCUT2D eigenvalue weighted by molar-refractivity contribution is -0.115. The minimum atomic E-state index is -0.0991. The van der Waals surface area contributed by atoms with Gasteiger partial charge in [-0.15, -0.1) is 5.10 Å². The molecule has 0 aliphatic heterocycles. The van der Waals surface area contributed by atoms with E-state index in [1.165, 1.54) is 0 Å². The number of thioether (sulfide) groups is 1. The van der Waals surface area contributed by atoms with Gasteiger partial charge in [0.05, 0.1) is 0 Å². The van der Waals surface area contributed by atoms with Gasteiger partial charge in [-0.3, -0.25) is 10.1 Å². The molecule has 0 atom stereocenters. The van der Waals surface area contributed by atoms with Crippen LogP contribution in [0.25, 0.3) is 0 Å². The van der Waals surface area contributed by atoms with Crippen molar-refractivity contribution in [2.24, 2.45) is 0 Å². The number of aromatic nitrogens is 2. The van der Waals surface area contributed by atoms with E-state index >= 15 is 0 Å². The number of hydrogen-bond acceptors (Lipinski definition) is 5. The van der Waals surface area contributed by atoms with Crippen molar-refractivity contribution in [1.82, 2.24) is 10.2 Å². The fourth-order valence-corrected chi connectivity index (χ4v) is 1.11. The summed E-state index contributed by atoms with van der Waals surface area (Å²) in [5.74, 6) is 1.14. The maximum atomic E-state index is 11.1. The molecule has 0 unspecified atom stereocenters. The predicted molar refractivity (Wildman–Crippen MR) is 50.7 cm³/mol. The number of carbonyl (C=O) groups is 1. The first-order valence-corrected chi connectivity index (χ1v) is 5.20. The second-order valence-corrected chi connectivity index (χ2v) is 3.40. The second kappa shape index (κ2) is 4.86. The molecule has 0 aliphatic rings. The molecule has 6 heteroatoms. The summed E-state index contributed by atoms with van der Waals surface area (Å²) in [5.41, 5.74) is 0. The van der Waals surface area contributed by atoms with Gasteiger partial charge in [0.1, 0.15) is 0 Å². The van der Waals surface area contributed by atoms with Crippen molar-refractivity contribution in [3.8, 4) is 0 Å². The number of rotatable bonds is 4. The molecule has 1 rings (SSSR count). The average molecular weight is 201 g/mol. The van der Waals surface area contributed by atoms with Crippen LogP contribution in [0, 0.1) is 6.92 Å². The molecule has 0 fully saturated rings. The van der Waals surface area contributed by atoms with Gasteiger partial charge >= 0.3 is 6.01 Å². The molecule has 0 saturated carbocycles. The predicted octanol–water partition coefficient (Wildman–Crippen LogP) is 1.07. The van der Waals surface area contributed by atoms with Gasteiger partial charge < -0.3 is 4.42 Å². The number of aryl methyl sites for hydroxylation is 1. The zero-order valence-corrected chi connectivity index (χ0v) is 8.35. The standard InChI is InChI=1S/C7H11N3O2S/c1-5-9-10-7(12-5)8-6(11)3-4-13-2/h3-4H2,1-2H3,(H,8,10,11). The third-order valence-corrected chi connectivity index (χ3v) is 1.92. The van der Waals surface area contributed by atoms with Crippen molar-refractivity contribution in [2.45, 2.75) is 13.3 Å². The minimum Gasteiger partial charge on any atom is -0.408 e. The molecular weight excluding hydrogens is 190 g/mol. The van der Waals surface area contributed by atoms with E-state index in [-0.39, 0.29) is 11.9 Å². The number of amides is 1. The second-order valence-electron chi connectivity index (χ2n) is 2.42. The first-order chi connectivity index (χ1) is 6.22. The fraction of sp³-hybridized carbons (Fsp3) is 0.571. The Labute approximate surface area is 80.3 Å². The molecule has 1 aromatic rings. The summed E-state index contributed by atoms with van der Waals surface area (Å²) >= 11 is 1.62. The molecule has 1 aromatic heterocycles. The fourth-order valence-electron chi connectivity index (χ4n) is 0.724. The lowest BCUT2D eigenvalue weighted by Gasteiger charge is -1.97.